The van der Waals surface area contributed by atoms with Crippen molar-refractivity contribution in [1.82, 2.24) is 0 Å². The van der Waals surface area contributed by atoms with Crippen LogP contribution < -0.4 is 4.90 Å². The molecular formula is C25H21NO5S2. The van der Waals surface area contributed by atoms with E-state index in [0.29, 0.717) is 5.69 Å². The number of rotatable bonds is 7. The monoisotopic (exact) mass is 479 g/mol. The molecule has 0 fully saturated rings. The normalized spacial score (nSPS) is 16.7. The number of benzene rings is 2. The third-order valence-corrected chi connectivity index (χ3v) is 7.43. The number of carbonyl (C=O) groups excluding carboxylic acids is 2. The molecule has 1 unspecified atom stereocenters. The van der Waals surface area contributed by atoms with E-state index in [9.17, 15) is 18.0 Å². The predicted molar refractivity (Wildman–Crippen MR) is 130 cm³/mol. The Labute approximate surface area is 196 Å². The van der Waals surface area contributed by atoms with E-state index < -0.39 is 34.4 Å². The van der Waals surface area contributed by atoms with Gasteiger partial charge in [-0.05, 0) is 42.0 Å². The number of esters is 1. The zero-order valence-corrected chi connectivity index (χ0v) is 19.2. The summed E-state index contributed by atoms with van der Waals surface area (Å²) in [6, 6.07) is 21.9. The summed E-state index contributed by atoms with van der Waals surface area (Å²) in [5, 5.41) is 1.11. The summed E-state index contributed by atoms with van der Waals surface area (Å²) in [6.45, 7) is -0.498. The average Bonchev–Trinajstić information content (AvgIpc) is 3.44. The Bertz CT molecular complexity index is 1290. The Morgan fingerprint density at radius 2 is 1.70 bits per heavy atom. The fraction of sp³-hybridized carbons (Fsp3) is 0.120. The first-order valence-electron chi connectivity index (χ1n) is 10.2. The van der Waals surface area contributed by atoms with Gasteiger partial charge in [-0.1, -0.05) is 48.5 Å². The molecule has 6 nitrogen and oxygen atoms in total. The molecule has 0 saturated carbocycles. The van der Waals surface area contributed by atoms with Gasteiger partial charge in [0, 0.05) is 26.9 Å². The molecule has 33 heavy (non-hydrogen) atoms. The van der Waals surface area contributed by atoms with Crippen molar-refractivity contribution in [2.75, 3.05) is 17.3 Å². The molecule has 0 saturated heterocycles. The minimum atomic E-state index is -3.36. The van der Waals surface area contributed by atoms with Crippen molar-refractivity contribution in [2.45, 2.75) is 6.04 Å². The third kappa shape index (κ3) is 5.85. The van der Waals surface area contributed by atoms with Crippen LogP contribution in [0.5, 0.6) is 0 Å². The van der Waals surface area contributed by atoms with Crippen LogP contribution in [0.15, 0.2) is 90.4 Å². The van der Waals surface area contributed by atoms with Gasteiger partial charge in [-0.2, -0.15) is 0 Å². The van der Waals surface area contributed by atoms with Gasteiger partial charge in [0.2, 0.25) is 0 Å². The lowest BCUT2D eigenvalue weighted by atomic mass is 10.2. The number of sulfone groups is 1. The van der Waals surface area contributed by atoms with Gasteiger partial charge in [0.1, 0.15) is 0 Å². The van der Waals surface area contributed by atoms with Gasteiger partial charge in [-0.25, -0.2) is 13.2 Å². The van der Waals surface area contributed by atoms with Crippen molar-refractivity contribution in [1.29, 1.82) is 0 Å². The van der Waals surface area contributed by atoms with Gasteiger partial charge in [-0.3, -0.25) is 4.79 Å². The van der Waals surface area contributed by atoms with E-state index in [2.05, 4.69) is 0 Å². The Morgan fingerprint density at radius 1 is 1.00 bits per heavy atom. The number of thiophene rings is 1. The lowest BCUT2D eigenvalue weighted by Gasteiger charge is -2.27. The van der Waals surface area contributed by atoms with E-state index in [1.165, 1.54) is 28.4 Å². The van der Waals surface area contributed by atoms with Crippen LogP contribution in [0.2, 0.25) is 0 Å². The highest BCUT2D eigenvalue weighted by Gasteiger charge is 2.31. The highest BCUT2D eigenvalue weighted by Crippen LogP contribution is 2.28. The Balaban J connectivity index is 1.39. The largest absolute Gasteiger partial charge is 0.452 e. The molecule has 3 aromatic rings. The predicted octanol–water partition coefficient (Wildman–Crippen LogP) is 4.32. The van der Waals surface area contributed by atoms with Gasteiger partial charge < -0.3 is 9.64 Å². The molecule has 1 atom stereocenters. The molecule has 0 radical (unpaired) electrons. The van der Waals surface area contributed by atoms with Crippen molar-refractivity contribution >= 4 is 44.8 Å². The standard InChI is InChI=1S/C25H21NO5S2/c27-24(26(20-9-5-2-6-10-20)21-15-16-33(29,30)18-21)17-31-25(28)14-12-22-11-13-23(32-22)19-7-3-1-4-8-19/h1-16,21H,17-18H2/b14-12+. The number of ether oxygens (including phenoxy) is 1. The van der Waals surface area contributed by atoms with Crippen molar-refractivity contribution in [3.05, 3.63) is 95.2 Å². The summed E-state index contributed by atoms with van der Waals surface area (Å²) < 4.78 is 28.9. The van der Waals surface area contributed by atoms with Crippen molar-refractivity contribution < 1.29 is 22.7 Å². The third-order valence-electron chi connectivity index (χ3n) is 4.95. The fourth-order valence-corrected chi connectivity index (χ4v) is 5.61. The van der Waals surface area contributed by atoms with E-state index in [1.54, 1.807) is 36.4 Å². The second-order valence-corrected chi connectivity index (χ2v) is 10.4. The van der Waals surface area contributed by atoms with E-state index in [1.807, 2.05) is 42.5 Å². The Morgan fingerprint density at radius 3 is 2.36 bits per heavy atom. The molecule has 1 amide bonds. The highest BCUT2D eigenvalue weighted by atomic mass is 32.2. The van der Waals surface area contributed by atoms with Gasteiger partial charge in [0.15, 0.2) is 16.4 Å². The lowest BCUT2D eigenvalue weighted by molar-refractivity contribution is -0.143. The molecule has 0 bridgehead atoms. The van der Waals surface area contributed by atoms with Gasteiger partial charge in [-0.15, -0.1) is 11.3 Å². The molecule has 0 spiro atoms. The Hall–Kier alpha value is -3.49. The molecule has 0 N–H and O–H groups in total. The summed E-state index contributed by atoms with van der Waals surface area (Å²) in [5.74, 6) is -1.36. The summed E-state index contributed by atoms with van der Waals surface area (Å²) in [4.78, 5) is 28.4. The number of carbonyl (C=O) groups is 2. The molecule has 4 rings (SSSR count). The minimum Gasteiger partial charge on any atom is -0.452 e. The summed E-state index contributed by atoms with van der Waals surface area (Å²) in [7, 11) is -3.36. The number of amides is 1. The van der Waals surface area contributed by atoms with Crippen LogP contribution in [0, 0.1) is 0 Å². The van der Waals surface area contributed by atoms with Crippen molar-refractivity contribution in [3.63, 3.8) is 0 Å². The van der Waals surface area contributed by atoms with Crippen LogP contribution in [0.4, 0.5) is 5.69 Å². The number of hydrogen-bond acceptors (Lipinski definition) is 6. The maximum Gasteiger partial charge on any atom is 0.331 e. The Kier molecular flexibility index (Phi) is 6.86. The zero-order chi connectivity index (χ0) is 23.3. The van der Waals surface area contributed by atoms with E-state index in [-0.39, 0.29) is 5.75 Å². The molecule has 1 aliphatic rings. The molecule has 1 aliphatic heterocycles. The number of nitrogens with zero attached hydrogens (tertiary/aromatic N) is 1. The highest BCUT2D eigenvalue weighted by molar-refractivity contribution is 7.94. The molecule has 1 aromatic heterocycles. The van der Waals surface area contributed by atoms with Crippen LogP contribution in [0.25, 0.3) is 16.5 Å². The fourth-order valence-electron chi connectivity index (χ4n) is 3.43. The molecule has 8 heteroatoms. The smallest absolute Gasteiger partial charge is 0.331 e. The zero-order valence-electron chi connectivity index (χ0n) is 17.5. The first-order valence-corrected chi connectivity index (χ1v) is 12.7. The van der Waals surface area contributed by atoms with Crippen molar-refractivity contribution in [2.24, 2.45) is 0 Å². The first kappa shape index (κ1) is 22.7. The van der Waals surface area contributed by atoms with Crippen LogP contribution >= 0.6 is 11.3 Å². The van der Waals surface area contributed by atoms with E-state index in [0.717, 1.165) is 20.7 Å². The number of hydrogen-bond donors (Lipinski definition) is 0. The molecule has 2 heterocycles. The second kappa shape index (κ2) is 9.97. The SMILES string of the molecule is O=C(/C=C/c1ccc(-c2ccccc2)s1)OCC(=O)N(c1ccccc1)C1C=CS(=O)(=O)C1. The van der Waals surface area contributed by atoms with E-state index >= 15 is 0 Å². The van der Waals surface area contributed by atoms with Gasteiger partial charge >= 0.3 is 5.97 Å². The maximum atomic E-state index is 12.9. The van der Waals surface area contributed by atoms with E-state index in [4.69, 9.17) is 4.74 Å². The summed E-state index contributed by atoms with van der Waals surface area (Å²) in [5.41, 5.74) is 1.63. The number of para-hydroxylation sites is 1. The molecular weight excluding hydrogens is 458 g/mol. The first-order chi connectivity index (χ1) is 15.9. The van der Waals surface area contributed by atoms with Crippen LogP contribution in [-0.4, -0.2) is 38.7 Å². The topological polar surface area (TPSA) is 80.8 Å². The second-order valence-electron chi connectivity index (χ2n) is 7.33. The summed E-state index contributed by atoms with van der Waals surface area (Å²) >= 11 is 1.54. The minimum absolute atomic E-state index is 0.205. The molecule has 0 aliphatic carbocycles. The average molecular weight is 480 g/mol. The molecule has 168 valence electrons. The quantitative estimate of drug-likeness (QED) is 0.373. The van der Waals surface area contributed by atoms with Crippen LogP contribution in [0.1, 0.15) is 4.88 Å². The summed E-state index contributed by atoms with van der Waals surface area (Å²) in [6.07, 6.45) is 4.40. The van der Waals surface area contributed by atoms with Crippen LogP contribution in [-0.2, 0) is 24.2 Å². The molecule has 2 aromatic carbocycles. The lowest BCUT2D eigenvalue weighted by Crippen LogP contribution is -2.43. The number of anilines is 1. The van der Waals surface area contributed by atoms with Gasteiger partial charge in [0.25, 0.3) is 5.91 Å². The van der Waals surface area contributed by atoms with Crippen molar-refractivity contribution in [3.8, 4) is 10.4 Å². The van der Waals surface area contributed by atoms with Crippen LogP contribution in [0.3, 0.4) is 0 Å². The maximum absolute atomic E-state index is 12.9. The van der Waals surface area contributed by atoms with Gasteiger partial charge in [0.05, 0.1) is 11.8 Å².